The lowest BCUT2D eigenvalue weighted by atomic mass is 9.85. The van der Waals surface area contributed by atoms with E-state index in [-0.39, 0.29) is 35.3 Å². The zero-order chi connectivity index (χ0) is 23.2. The van der Waals surface area contributed by atoms with Gasteiger partial charge in [0.25, 0.3) is 5.91 Å². The molecule has 8 nitrogen and oxygen atoms in total. The average molecular weight is 461 g/mol. The highest BCUT2D eigenvalue weighted by Crippen LogP contribution is 2.39. The van der Waals surface area contributed by atoms with Gasteiger partial charge in [-0.2, -0.15) is 4.98 Å². The third-order valence-corrected chi connectivity index (χ3v) is 6.22. The third-order valence-electron chi connectivity index (χ3n) is 5.91. The Kier molecular flexibility index (Phi) is 5.16. The lowest BCUT2D eigenvalue weighted by Crippen LogP contribution is -2.42. The number of amides is 1. The largest absolute Gasteiger partial charge is 0.455 e. The Balaban J connectivity index is 1.40. The highest BCUT2D eigenvalue weighted by Gasteiger charge is 2.32. The second kappa shape index (κ2) is 8.03. The van der Waals surface area contributed by atoms with Crippen LogP contribution in [0.1, 0.15) is 35.3 Å². The fourth-order valence-electron chi connectivity index (χ4n) is 4.26. The molecule has 3 heterocycles. The molecule has 9 heteroatoms. The van der Waals surface area contributed by atoms with Crippen molar-refractivity contribution >= 4 is 40.5 Å². The number of aromatic nitrogens is 2. The van der Waals surface area contributed by atoms with Crippen molar-refractivity contribution in [2.75, 3.05) is 23.5 Å². The molecule has 3 aromatic rings. The second-order valence-electron chi connectivity index (χ2n) is 8.44. The van der Waals surface area contributed by atoms with Gasteiger partial charge in [-0.25, -0.2) is 9.83 Å². The van der Waals surface area contributed by atoms with Crippen molar-refractivity contribution in [2.24, 2.45) is 0 Å². The standard InChI is InChI=1S/C24H21ClN6O2/c1-24(2)17-8-7-15(11-14(17)9-10-28-24)29-23-27-12-16-21(30-23)33-13-31(22(16)32)20-18(25)5-4-6-19(20)26-3/h4-8,11-12,28H,9-10,13H2,1-2H3,(H,27,29,30). The number of para-hydroxylation sites is 1. The van der Waals surface area contributed by atoms with Crippen molar-refractivity contribution in [1.29, 1.82) is 0 Å². The molecule has 0 fully saturated rings. The fraction of sp³-hybridized carbons (Fsp3) is 0.250. The molecular weight excluding hydrogens is 440 g/mol. The number of hydrogen-bond donors (Lipinski definition) is 2. The highest BCUT2D eigenvalue weighted by atomic mass is 35.5. The fourth-order valence-corrected chi connectivity index (χ4v) is 4.53. The van der Waals surface area contributed by atoms with Gasteiger partial charge in [-0.05, 0) is 56.1 Å². The monoisotopic (exact) mass is 460 g/mol. The Labute approximate surface area is 196 Å². The molecule has 0 spiro atoms. The minimum atomic E-state index is -0.371. The van der Waals surface area contributed by atoms with E-state index in [1.807, 2.05) is 6.07 Å². The van der Waals surface area contributed by atoms with Crippen molar-refractivity contribution < 1.29 is 9.53 Å². The van der Waals surface area contributed by atoms with Crippen LogP contribution in [0.5, 0.6) is 5.88 Å². The van der Waals surface area contributed by atoms with Crippen LogP contribution in [-0.2, 0) is 12.0 Å². The summed E-state index contributed by atoms with van der Waals surface area (Å²) in [5.41, 5.74) is 4.15. The third kappa shape index (κ3) is 3.75. The molecule has 0 atom stereocenters. The molecule has 33 heavy (non-hydrogen) atoms. The van der Waals surface area contributed by atoms with Crippen molar-refractivity contribution in [3.8, 4) is 5.88 Å². The van der Waals surface area contributed by atoms with Gasteiger partial charge in [-0.15, -0.1) is 0 Å². The van der Waals surface area contributed by atoms with Gasteiger partial charge in [0.2, 0.25) is 17.5 Å². The first-order valence-corrected chi connectivity index (χ1v) is 10.9. The lowest BCUT2D eigenvalue weighted by molar-refractivity contribution is 0.0933. The van der Waals surface area contributed by atoms with E-state index in [1.54, 1.807) is 18.2 Å². The maximum absolute atomic E-state index is 13.1. The molecule has 2 aliphatic heterocycles. The molecule has 2 aromatic carbocycles. The zero-order valence-electron chi connectivity index (χ0n) is 18.1. The van der Waals surface area contributed by atoms with E-state index in [0.717, 1.165) is 18.7 Å². The van der Waals surface area contributed by atoms with Gasteiger partial charge in [0.15, 0.2) is 6.73 Å². The van der Waals surface area contributed by atoms with Crippen LogP contribution in [0.2, 0.25) is 5.02 Å². The van der Waals surface area contributed by atoms with Gasteiger partial charge >= 0.3 is 0 Å². The van der Waals surface area contributed by atoms with E-state index >= 15 is 0 Å². The van der Waals surface area contributed by atoms with E-state index < -0.39 is 0 Å². The van der Waals surface area contributed by atoms with Crippen LogP contribution in [-0.4, -0.2) is 29.2 Å². The highest BCUT2D eigenvalue weighted by molar-refractivity contribution is 6.35. The number of ether oxygens (including phenoxy) is 1. The van der Waals surface area contributed by atoms with Gasteiger partial charge in [-0.3, -0.25) is 9.69 Å². The summed E-state index contributed by atoms with van der Waals surface area (Å²) in [7, 11) is 0. The Hall–Kier alpha value is -3.67. The molecule has 1 aromatic heterocycles. The van der Waals surface area contributed by atoms with Crippen molar-refractivity contribution in [2.45, 2.75) is 25.8 Å². The number of nitrogens with one attached hydrogen (secondary N) is 2. The van der Waals surface area contributed by atoms with Crippen LogP contribution in [0, 0.1) is 6.57 Å². The summed E-state index contributed by atoms with van der Waals surface area (Å²) in [6.07, 6.45) is 2.38. The molecule has 166 valence electrons. The topological polar surface area (TPSA) is 83.7 Å². The van der Waals surface area contributed by atoms with Gasteiger partial charge < -0.3 is 15.4 Å². The van der Waals surface area contributed by atoms with Crippen LogP contribution in [0.15, 0.2) is 42.6 Å². The van der Waals surface area contributed by atoms with Crippen molar-refractivity contribution in [1.82, 2.24) is 15.3 Å². The maximum atomic E-state index is 13.1. The normalized spacial score (nSPS) is 16.3. The summed E-state index contributed by atoms with van der Waals surface area (Å²) >= 11 is 6.28. The number of halogens is 1. The molecule has 0 aliphatic carbocycles. The summed E-state index contributed by atoms with van der Waals surface area (Å²) in [5, 5.41) is 7.03. The lowest BCUT2D eigenvalue weighted by Gasteiger charge is -2.34. The first-order valence-electron chi connectivity index (χ1n) is 10.5. The predicted molar refractivity (Wildman–Crippen MR) is 127 cm³/mol. The Morgan fingerprint density at radius 2 is 2.15 bits per heavy atom. The Bertz CT molecular complexity index is 1320. The molecule has 2 N–H and O–H groups in total. The van der Waals surface area contributed by atoms with Crippen molar-refractivity contribution in [3.63, 3.8) is 0 Å². The van der Waals surface area contributed by atoms with E-state index in [1.165, 1.54) is 22.2 Å². The zero-order valence-corrected chi connectivity index (χ0v) is 18.9. The summed E-state index contributed by atoms with van der Waals surface area (Å²) < 4.78 is 5.76. The van der Waals surface area contributed by atoms with Crippen LogP contribution < -0.4 is 20.3 Å². The number of anilines is 3. The van der Waals surface area contributed by atoms with E-state index in [0.29, 0.717) is 16.7 Å². The smallest absolute Gasteiger partial charge is 0.267 e. The number of nitrogens with zero attached hydrogens (tertiary/aromatic N) is 4. The van der Waals surface area contributed by atoms with Crippen LogP contribution in [0.3, 0.4) is 0 Å². The van der Waals surface area contributed by atoms with E-state index in [4.69, 9.17) is 22.9 Å². The predicted octanol–water partition coefficient (Wildman–Crippen LogP) is 4.80. The minimum absolute atomic E-state index is 0.0662. The molecule has 1 amide bonds. The molecule has 0 saturated carbocycles. The number of carbonyl (C=O) groups excluding carboxylic acids is 1. The summed E-state index contributed by atoms with van der Waals surface area (Å²) in [6.45, 7) is 12.5. The molecule has 0 bridgehead atoms. The molecule has 0 saturated heterocycles. The summed E-state index contributed by atoms with van der Waals surface area (Å²) in [4.78, 5) is 26.6. The quantitative estimate of drug-likeness (QED) is 0.546. The number of rotatable bonds is 3. The number of hydrogen-bond acceptors (Lipinski definition) is 6. The average Bonchev–Trinajstić information content (AvgIpc) is 2.79. The SMILES string of the molecule is [C-]#[N+]c1cccc(Cl)c1N1COc2nc(Nc3ccc4c(c3)CCNC4(C)C)ncc2C1=O. The van der Waals surface area contributed by atoms with Gasteiger partial charge in [0, 0.05) is 17.4 Å². The molecular formula is C24H21ClN6O2. The van der Waals surface area contributed by atoms with Gasteiger partial charge in [0.05, 0.1) is 17.3 Å². The molecule has 5 rings (SSSR count). The number of benzene rings is 2. The second-order valence-corrected chi connectivity index (χ2v) is 8.84. The number of fused-ring (bicyclic) bond motifs is 2. The Morgan fingerprint density at radius 3 is 2.97 bits per heavy atom. The molecule has 2 aliphatic rings. The summed E-state index contributed by atoms with van der Waals surface area (Å²) in [6, 6.07) is 11.1. The first kappa shape index (κ1) is 21.2. The summed E-state index contributed by atoms with van der Waals surface area (Å²) in [5.74, 6) is 0.153. The van der Waals surface area contributed by atoms with Crippen LogP contribution >= 0.6 is 11.6 Å². The van der Waals surface area contributed by atoms with Crippen LogP contribution in [0.4, 0.5) is 23.0 Å². The molecule has 0 unspecified atom stereocenters. The van der Waals surface area contributed by atoms with Crippen LogP contribution in [0.25, 0.3) is 4.85 Å². The van der Waals surface area contributed by atoms with Gasteiger partial charge in [0.1, 0.15) is 5.56 Å². The van der Waals surface area contributed by atoms with Gasteiger partial charge in [-0.1, -0.05) is 29.8 Å². The van der Waals surface area contributed by atoms with Crippen molar-refractivity contribution in [3.05, 3.63) is 75.7 Å². The minimum Gasteiger partial charge on any atom is -0.455 e. The van der Waals surface area contributed by atoms with E-state index in [2.05, 4.69) is 51.4 Å². The first-order chi connectivity index (χ1) is 15.9. The number of carbonyl (C=O) groups is 1. The Morgan fingerprint density at radius 1 is 1.30 bits per heavy atom. The molecule has 0 radical (unpaired) electrons. The maximum Gasteiger partial charge on any atom is 0.267 e. The van der Waals surface area contributed by atoms with E-state index in [9.17, 15) is 4.79 Å².